The number of hydrogen-bond donors (Lipinski definition) is 2. The zero-order chi connectivity index (χ0) is 13.6. The molecule has 1 amide bonds. The summed E-state index contributed by atoms with van der Waals surface area (Å²) in [5.41, 5.74) is 5.82. The number of rotatable bonds is 0. The van der Waals surface area contributed by atoms with Gasteiger partial charge < -0.3 is 15.7 Å². The summed E-state index contributed by atoms with van der Waals surface area (Å²) in [4.78, 5) is 12.3. The van der Waals surface area contributed by atoms with Crippen LogP contribution in [0.2, 0.25) is 0 Å². The molecule has 5 aliphatic rings. The second-order valence-electron chi connectivity index (χ2n) is 7.19. The lowest BCUT2D eigenvalue weighted by Crippen LogP contribution is -2.59. The molecule has 1 saturated heterocycles. The molecule has 2 unspecified atom stereocenters. The van der Waals surface area contributed by atoms with Gasteiger partial charge >= 0.3 is 0 Å². The molecular weight excluding hydrogens is 240 g/mol. The van der Waals surface area contributed by atoms with Crippen LogP contribution < -0.4 is 5.73 Å². The van der Waals surface area contributed by atoms with E-state index in [4.69, 9.17) is 5.73 Å². The summed E-state index contributed by atoms with van der Waals surface area (Å²) in [6.07, 6.45) is 7.43. The quantitative estimate of drug-likeness (QED) is 0.690. The summed E-state index contributed by atoms with van der Waals surface area (Å²) < 4.78 is 0. The van der Waals surface area contributed by atoms with E-state index in [2.05, 4.69) is 0 Å². The zero-order valence-corrected chi connectivity index (χ0v) is 11.8. The summed E-state index contributed by atoms with van der Waals surface area (Å²) >= 11 is 0. The largest absolute Gasteiger partial charge is 0.390 e. The lowest BCUT2D eigenvalue weighted by Gasteiger charge is -2.57. The van der Waals surface area contributed by atoms with Crippen LogP contribution in [0.25, 0.3) is 0 Å². The standard InChI is InChI=1S/C10H17NO.C5H9NO/c11-9-7-1-6-2-8(9)5-10(12,3-6)4-7;1-6-4-2-3-5(6)7/h6-9,12H,1-5,11H2;2-4H2,1H3. The maximum Gasteiger partial charge on any atom is 0.222 e. The highest BCUT2D eigenvalue weighted by Crippen LogP contribution is 2.54. The van der Waals surface area contributed by atoms with Gasteiger partial charge in [0.25, 0.3) is 0 Å². The summed E-state index contributed by atoms with van der Waals surface area (Å²) in [6, 6.07) is 0.404. The minimum absolute atomic E-state index is 0.292. The molecule has 4 aliphatic carbocycles. The van der Waals surface area contributed by atoms with Crippen LogP contribution in [0.1, 0.15) is 44.9 Å². The van der Waals surface area contributed by atoms with E-state index >= 15 is 0 Å². The van der Waals surface area contributed by atoms with Crippen molar-refractivity contribution in [1.29, 1.82) is 0 Å². The Hall–Kier alpha value is -0.610. The van der Waals surface area contributed by atoms with Gasteiger partial charge in [-0.05, 0) is 56.3 Å². The van der Waals surface area contributed by atoms with Crippen molar-refractivity contribution in [2.24, 2.45) is 23.5 Å². The van der Waals surface area contributed by atoms with Gasteiger partial charge in [0.15, 0.2) is 0 Å². The molecule has 19 heavy (non-hydrogen) atoms. The van der Waals surface area contributed by atoms with Crippen LogP contribution in [0, 0.1) is 17.8 Å². The predicted octanol–water partition coefficient (Wildman–Crippen LogP) is 1.12. The van der Waals surface area contributed by atoms with Gasteiger partial charge in [-0.15, -0.1) is 0 Å². The maximum absolute atomic E-state index is 10.5. The van der Waals surface area contributed by atoms with Crippen molar-refractivity contribution in [3.63, 3.8) is 0 Å². The second kappa shape index (κ2) is 4.74. The molecular formula is C15H26N2O2. The first-order chi connectivity index (χ1) is 8.97. The van der Waals surface area contributed by atoms with Crippen LogP contribution in [0.3, 0.4) is 0 Å². The number of hydrogen-bond acceptors (Lipinski definition) is 3. The van der Waals surface area contributed by atoms with Gasteiger partial charge in [-0.2, -0.15) is 0 Å². The Morgan fingerprint density at radius 2 is 1.89 bits per heavy atom. The van der Waals surface area contributed by atoms with Crippen molar-refractivity contribution in [2.75, 3.05) is 13.6 Å². The first-order valence-electron chi connectivity index (χ1n) is 7.69. The molecule has 4 heteroatoms. The fourth-order valence-corrected chi connectivity index (χ4v) is 4.80. The van der Waals surface area contributed by atoms with Gasteiger partial charge in [-0.3, -0.25) is 4.79 Å². The third-order valence-electron chi connectivity index (χ3n) is 5.62. The summed E-state index contributed by atoms with van der Waals surface area (Å²) in [7, 11) is 1.84. The number of nitrogens with two attached hydrogens (primary N) is 1. The van der Waals surface area contributed by atoms with Crippen molar-refractivity contribution in [3.8, 4) is 0 Å². The Morgan fingerprint density at radius 3 is 2.26 bits per heavy atom. The molecule has 0 aromatic carbocycles. The Kier molecular flexibility index (Phi) is 3.34. The average Bonchev–Trinajstić information content (AvgIpc) is 2.69. The summed E-state index contributed by atoms with van der Waals surface area (Å²) in [5, 5.41) is 10.2. The number of aliphatic hydroxyl groups is 1. The number of likely N-dealkylation sites (tertiary alicyclic amines) is 1. The Morgan fingerprint density at radius 1 is 1.26 bits per heavy atom. The van der Waals surface area contributed by atoms with Crippen LogP contribution in [-0.4, -0.2) is 41.1 Å². The molecule has 0 spiro atoms. The van der Waals surface area contributed by atoms with E-state index in [-0.39, 0.29) is 5.60 Å². The molecule has 4 bridgehead atoms. The van der Waals surface area contributed by atoms with E-state index in [0.717, 1.165) is 44.6 Å². The van der Waals surface area contributed by atoms with E-state index in [1.54, 1.807) is 4.90 Å². The number of carbonyl (C=O) groups excluding carboxylic acids is 1. The van der Waals surface area contributed by atoms with E-state index in [1.807, 2.05) is 7.05 Å². The Bertz CT molecular complexity index is 355. The molecule has 0 aromatic heterocycles. The fraction of sp³-hybridized carbons (Fsp3) is 0.933. The van der Waals surface area contributed by atoms with Gasteiger partial charge in [0.2, 0.25) is 5.91 Å². The van der Waals surface area contributed by atoms with Crippen LogP contribution in [-0.2, 0) is 4.79 Å². The molecule has 4 nitrogen and oxygen atoms in total. The fourth-order valence-electron chi connectivity index (χ4n) is 4.80. The van der Waals surface area contributed by atoms with Crippen molar-refractivity contribution in [2.45, 2.75) is 56.6 Å². The number of nitrogens with zero attached hydrogens (tertiary/aromatic N) is 1. The maximum atomic E-state index is 10.5. The molecule has 3 N–H and O–H groups in total. The normalized spacial score (nSPS) is 47.3. The summed E-state index contributed by atoms with van der Waals surface area (Å²) in [6.45, 7) is 0.957. The molecule has 108 valence electrons. The van der Waals surface area contributed by atoms with Crippen LogP contribution in [0.4, 0.5) is 0 Å². The van der Waals surface area contributed by atoms with Crippen molar-refractivity contribution in [1.82, 2.24) is 4.90 Å². The smallest absolute Gasteiger partial charge is 0.222 e. The topological polar surface area (TPSA) is 66.6 Å². The minimum Gasteiger partial charge on any atom is -0.390 e. The van der Waals surface area contributed by atoms with Gasteiger partial charge in [0.1, 0.15) is 0 Å². The third-order valence-corrected chi connectivity index (χ3v) is 5.62. The molecule has 1 heterocycles. The Labute approximate surface area is 115 Å². The number of carbonyl (C=O) groups is 1. The Balaban J connectivity index is 0.000000136. The highest BCUT2D eigenvalue weighted by Gasteiger charge is 2.53. The SMILES string of the molecule is CN1CCCC1=O.NC1C2CC3CC1CC(O)(C3)C2. The lowest BCUT2D eigenvalue weighted by molar-refractivity contribution is -0.132. The van der Waals surface area contributed by atoms with E-state index in [1.165, 1.54) is 12.8 Å². The molecule has 2 atom stereocenters. The molecule has 1 aliphatic heterocycles. The monoisotopic (exact) mass is 266 g/mol. The molecule has 4 saturated carbocycles. The highest BCUT2D eigenvalue weighted by atomic mass is 16.3. The van der Waals surface area contributed by atoms with Crippen LogP contribution in [0.15, 0.2) is 0 Å². The summed E-state index contributed by atoms with van der Waals surface area (Å²) in [5.74, 6) is 2.37. The van der Waals surface area contributed by atoms with Crippen molar-refractivity contribution in [3.05, 3.63) is 0 Å². The lowest BCUT2D eigenvalue weighted by atomic mass is 9.52. The minimum atomic E-state index is -0.299. The van der Waals surface area contributed by atoms with E-state index in [9.17, 15) is 9.90 Å². The first-order valence-corrected chi connectivity index (χ1v) is 7.69. The van der Waals surface area contributed by atoms with E-state index < -0.39 is 0 Å². The van der Waals surface area contributed by atoms with Crippen molar-refractivity contribution < 1.29 is 9.90 Å². The zero-order valence-electron chi connectivity index (χ0n) is 11.8. The molecule has 0 radical (unpaired) electrons. The van der Waals surface area contributed by atoms with E-state index in [0.29, 0.717) is 23.8 Å². The first kappa shape index (κ1) is 13.4. The van der Waals surface area contributed by atoms with Gasteiger partial charge in [-0.1, -0.05) is 0 Å². The van der Waals surface area contributed by atoms with Gasteiger partial charge in [0.05, 0.1) is 5.60 Å². The third kappa shape index (κ3) is 2.52. The predicted molar refractivity (Wildman–Crippen MR) is 73.4 cm³/mol. The molecule has 5 fully saturated rings. The van der Waals surface area contributed by atoms with Crippen molar-refractivity contribution >= 4 is 5.91 Å². The highest BCUT2D eigenvalue weighted by molar-refractivity contribution is 5.77. The molecule has 5 rings (SSSR count). The van der Waals surface area contributed by atoms with Crippen LogP contribution in [0.5, 0.6) is 0 Å². The van der Waals surface area contributed by atoms with Crippen LogP contribution >= 0.6 is 0 Å². The van der Waals surface area contributed by atoms with Gasteiger partial charge in [-0.25, -0.2) is 0 Å². The second-order valence-corrected chi connectivity index (χ2v) is 7.19. The molecule has 0 aromatic rings. The average molecular weight is 266 g/mol. The number of amides is 1. The van der Waals surface area contributed by atoms with Gasteiger partial charge in [0, 0.05) is 26.1 Å².